The summed E-state index contributed by atoms with van der Waals surface area (Å²) in [6, 6.07) is 3.83. The van der Waals surface area contributed by atoms with Gasteiger partial charge in [-0.2, -0.15) is 0 Å². The van der Waals surface area contributed by atoms with Crippen LogP contribution in [-0.2, 0) is 0 Å². The maximum atomic E-state index is 9.11. The Morgan fingerprint density at radius 3 is 2.71 bits per heavy atom. The molecule has 2 N–H and O–H groups in total. The van der Waals surface area contributed by atoms with E-state index >= 15 is 0 Å². The van der Waals surface area contributed by atoms with Crippen molar-refractivity contribution in [1.29, 1.82) is 0 Å². The van der Waals surface area contributed by atoms with E-state index in [0.717, 1.165) is 20.5 Å². The van der Waals surface area contributed by atoms with Gasteiger partial charge in [-0.05, 0) is 23.3 Å². The lowest BCUT2D eigenvalue weighted by molar-refractivity contribution is 0.426. The minimum absolute atomic E-state index is 0.556. The lowest BCUT2D eigenvalue weighted by Crippen LogP contribution is -2.28. The van der Waals surface area contributed by atoms with Gasteiger partial charge in [-0.1, -0.05) is 12.1 Å². The number of hydrogen-bond acceptors (Lipinski definition) is 4. The third kappa shape index (κ3) is 1.46. The van der Waals surface area contributed by atoms with Crippen molar-refractivity contribution in [3.8, 4) is 0 Å². The van der Waals surface area contributed by atoms with Crippen LogP contribution in [0.15, 0.2) is 22.4 Å². The lowest BCUT2D eigenvalue weighted by Gasteiger charge is -2.01. The van der Waals surface area contributed by atoms with E-state index in [1.807, 2.05) is 19.1 Å². The Balaban J connectivity index is 2.77. The molecule has 0 amide bonds. The van der Waals surface area contributed by atoms with E-state index in [4.69, 9.17) is 10.0 Å². The molecular weight excluding hydrogens is 215 g/mol. The number of thiol groups is 1. The summed E-state index contributed by atoms with van der Waals surface area (Å²) in [5, 5.41) is 20.9. The molecule has 0 saturated heterocycles. The van der Waals surface area contributed by atoms with Gasteiger partial charge in [-0.15, -0.1) is 24.0 Å². The predicted octanol–water partition coefficient (Wildman–Crippen LogP) is 1.18. The molecule has 0 saturated carbocycles. The number of aryl methyl sites for hydroxylation is 1. The minimum atomic E-state index is -1.40. The van der Waals surface area contributed by atoms with E-state index in [0.29, 0.717) is 5.46 Å². The van der Waals surface area contributed by atoms with Gasteiger partial charge >= 0.3 is 7.12 Å². The molecule has 0 radical (unpaired) electrons. The van der Waals surface area contributed by atoms with Crippen LogP contribution in [0.25, 0.3) is 10.1 Å². The van der Waals surface area contributed by atoms with Crippen molar-refractivity contribution in [1.82, 2.24) is 0 Å². The first-order valence-electron chi connectivity index (χ1n) is 4.17. The smallest absolute Gasteiger partial charge is 0.423 e. The molecule has 2 nitrogen and oxygen atoms in total. The van der Waals surface area contributed by atoms with E-state index < -0.39 is 7.12 Å². The molecule has 0 aliphatic carbocycles. The molecule has 1 aromatic heterocycles. The summed E-state index contributed by atoms with van der Waals surface area (Å²) in [5.74, 6) is 0. The Hall–Kier alpha value is -0.485. The van der Waals surface area contributed by atoms with Gasteiger partial charge in [0.15, 0.2) is 0 Å². The van der Waals surface area contributed by atoms with Crippen LogP contribution in [0.4, 0.5) is 0 Å². The minimum Gasteiger partial charge on any atom is -0.423 e. The molecule has 0 atom stereocenters. The number of benzene rings is 1. The van der Waals surface area contributed by atoms with Crippen molar-refractivity contribution in [3.63, 3.8) is 0 Å². The van der Waals surface area contributed by atoms with Crippen LogP contribution in [0.1, 0.15) is 5.56 Å². The van der Waals surface area contributed by atoms with Crippen LogP contribution in [0.2, 0.25) is 0 Å². The van der Waals surface area contributed by atoms with E-state index in [1.54, 1.807) is 5.38 Å². The summed E-state index contributed by atoms with van der Waals surface area (Å²) >= 11 is 5.88. The second-order valence-corrected chi connectivity index (χ2v) is 4.50. The van der Waals surface area contributed by atoms with E-state index in [9.17, 15) is 0 Å². The number of hydrogen-bond donors (Lipinski definition) is 3. The Labute approximate surface area is 91.8 Å². The largest absolute Gasteiger partial charge is 0.489 e. The summed E-state index contributed by atoms with van der Waals surface area (Å²) in [6.45, 7) is 1.98. The molecule has 0 spiro atoms. The average molecular weight is 224 g/mol. The van der Waals surface area contributed by atoms with Gasteiger partial charge in [0.05, 0.1) is 0 Å². The summed E-state index contributed by atoms with van der Waals surface area (Å²) < 4.78 is 1.01. The van der Waals surface area contributed by atoms with Crippen molar-refractivity contribution in [3.05, 3.63) is 23.1 Å². The van der Waals surface area contributed by atoms with Gasteiger partial charge in [0, 0.05) is 15.1 Å². The molecular formula is C9H9BO2S2. The van der Waals surface area contributed by atoms with E-state index in [1.165, 1.54) is 11.3 Å². The second-order valence-electron chi connectivity index (χ2n) is 3.17. The summed E-state index contributed by atoms with van der Waals surface area (Å²) in [4.78, 5) is 0.916. The zero-order chi connectivity index (χ0) is 10.3. The maximum Gasteiger partial charge on any atom is 0.489 e. The first-order valence-corrected chi connectivity index (χ1v) is 5.49. The molecule has 0 bridgehead atoms. The molecule has 72 valence electrons. The van der Waals surface area contributed by atoms with E-state index in [-0.39, 0.29) is 0 Å². The molecule has 5 heteroatoms. The fourth-order valence-electron chi connectivity index (χ4n) is 1.40. The van der Waals surface area contributed by atoms with Crippen molar-refractivity contribution < 1.29 is 10.0 Å². The van der Waals surface area contributed by atoms with Gasteiger partial charge < -0.3 is 10.0 Å². The lowest BCUT2D eigenvalue weighted by atomic mass is 9.80. The zero-order valence-electron chi connectivity index (χ0n) is 7.56. The van der Waals surface area contributed by atoms with Gasteiger partial charge in [0.1, 0.15) is 0 Å². The third-order valence-electron chi connectivity index (χ3n) is 2.23. The molecule has 2 rings (SSSR count). The predicted molar refractivity (Wildman–Crippen MR) is 63.6 cm³/mol. The van der Waals surface area contributed by atoms with Crippen LogP contribution >= 0.6 is 24.0 Å². The fourth-order valence-corrected chi connectivity index (χ4v) is 2.83. The van der Waals surface area contributed by atoms with Gasteiger partial charge in [-0.25, -0.2) is 0 Å². The molecule has 0 unspecified atom stereocenters. The molecule has 0 aliphatic rings. The number of rotatable bonds is 1. The topological polar surface area (TPSA) is 40.5 Å². The highest BCUT2D eigenvalue weighted by atomic mass is 32.1. The second kappa shape index (κ2) is 3.58. The van der Waals surface area contributed by atoms with Crippen LogP contribution in [0, 0.1) is 6.92 Å². The van der Waals surface area contributed by atoms with Crippen LogP contribution < -0.4 is 5.46 Å². The number of fused-ring (bicyclic) bond motifs is 1. The Morgan fingerprint density at radius 1 is 1.36 bits per heavy atom. The highest BCUT2D eigenvalue weighted by molar-refractivity contribution is 7.80. The third-order valence-corrected chi connectivity index (χ3v) is 3.99. The molecule has 0 fully saturated rings. The molecule has 14 heavy (non-hydrogen) atoms. The molecule has 0 aliphatic heterocycles. The normalized spacial score (nSPS) is 10.9. The maximum absolute atomic E-state index is 9.11. The SMILES string of the molecule is Cc1ccc2c(B(O)O)csc2c1S. The Kier molecular flexibility index (Phi) is 2.57. The first-order chi connectivity index (χ1) is 6.61. The summed E-state index contributed by atoms with van der Waals surface area (Å²) in [7, 11) is -1.40. The molecule has 2 aromatic rings. The standard InChI is InChI=1S/C9H9BO2S2/c1-5-2-3-6-7(10(11)12)4-14-9(6)8(5)13/h2-4,11-13H,1H3. The van der Waals surface area contributed by atoms with Crippen molar-refractivity contribution in [2.45, 2.75) is 11.8 Å². The summed E-state index contributed by atoms with van der Waals surface area (Å²) in [6.07, 6.45) is 0. The highest BCUT2D eigenvalue weighted by Crippen LogP contribution is 2.28. The van der Waals surface area contributed by atoms with Crippen molar-refractivity contribution in [2.24, 2.45) is 0 Å². The van der Waals surface area contributed by atoms with Crippen LogP contribution in [0.5, 0.6) is 0 Å². The number of thiophene rings is 1. The molecule has 1 heterocycles. The first kappa shape index (κ1) is 10.0. The van der Waals surface area contributed by atoms with E-state index in [2.05, 4.69) is 12.6 Å². The molecule has 1 aromatic carbocycles. The monoisotopic (exact) mass is 224 g/mol. The van der Waals surface area contributed by atoms with Gasteiger partial charge in [-0.3, -0.25) is 0 Å². The Bertz CT molecular complexity index is 479. The Morgan fingerprint density at radius 2 is 2.07 bits per heavy atom. The zero-order valence-corrected chi connectivity index (χ0v) is 9.27. The van der Waals surface area contributed by atoms with Crippen molar-refractivity contribution >= 4 is 46.6 Å². The van der Waals surface area contributed by atoms with Crippen LogP contribution in [0.3, 0.4) is 0 Å². The highest BCUT2D eigenvalue weighted by Gasteiger charge is 2.17. The van der Waals surface area contributed by atoms with Gasteiger partial charge in [0.2, 0.25) is 0 Å². The van der Waals surface area contributed by atoms with Gasteiger partial charge in [0.25, 0.3) is 0 Å². The fraction of sp³-hybridized carbons (Fsp3) is 0.111. The average Bonchev–Trinajstić information content (AvgIpc) is 2.55. The quantitative estimate of drug-likeness (QED) is 0.502. The summed E-state index contributed by atoms with van der Waals surface area (Å²) in [5.41, 5.74) is 1.65. The van der Waals surface area contributed by atoms with Crippen molar-refractivity contribution in [2.75, 3.05) is 0 Å². The van der Waals surface area contributed by atoms with Crippen LogP contribution in [-0.4, -0.2) is 17.2 Å².